The molecule has 116 valence electrons. The van der Waals surface area contributed by atoms with Crippen LogP contribution in [0.3, 0.4) is 0 Å². The van der Waals surface area contributed by atoms with Crippen LogP contribution >= 0.6 is 11.3 Å². The van der Waals surface area contributed by atoms with Crippen LogP contribution in [0.25, 0.3) is 0 Å². The standard InChI is InChI=1S/C14H21N3O3S/c1-11(13(18)19)16-5-7-17(8-6-16)14(20)15-4-2-12-3-9-21-10-12/h3,9-11H,2,4-8H2,1H3,(H,15,20)(H,18,19). The maximum absolute atomic E-state index is 12.0. The molecule has 1 aromatic heterocycles. The van der Waals surface area contributed by atoms with Crippen molar-refractivity contribution < 1.29 is 14.7 Å². The van der Waals surface area contributed by atoms with Gasteiger partial charge in [0.05, 0.1) is 0 Å². The Morgan fingerprint density at radius 2 is 2.10 bits per heavy atom. The first-order valence-electron chi connectivity index (χ1n) is 7.08. The Morgan fingerprint density at radius 3 is 2.67 bits per heavy atom. The third kappa shape index (κ3) is 4.44. The summed E-state index contributed by atoms with van der Waals surface area (Å²) < 4.78 is 0. The average molecular weight is 311 g/mol. The Hall–Kier alpha value is -1.60. The summed E-state index contributed by atoms with van der Waals surface area (Å²) in [6.07, 6.45) is 0.839. The molecule has 6 nitrogen and oxygen atoms in total. The molecule has 1 unspecified atom stereocenters. The highest BCUT2D eigenvalue weighted by atomic mass is 32.1. The van der Waals surface area contributed by atoms with E-state index in [1.165, 1.54) is 5.56 Å². The Balaban J connectivity index is 1.69. The van der Waals surface area contributed by atoms with Crippen LogP contribution in [0.15, 0.2) is 16.8 Å². The van der Waals surface area contributed by atoms with Crippen LogP contribution in [0.2, 0.25) is 0 Å². The molecule has 0 bridgehead atoms. The zero-order valence-corrected chi connectivity index (χ0v) is 12.9. The fraction of sp³-hybridized carbons (Fsp3) is 0.571. The van der Waals surface area contributed by atoms with E-state index in [0.717, 1.165) is 6.42 Å². The highest BCUT2D eigenvalue weighted by Gasteiger charge is 2.26. The second kappa shape index (κ2) is 7.42. The lowest BCUT2D eigenvalue weighted by molar-refractivity contribution is -0.143. The first kappa shape index (κ1) is 15.8. The molecule has 1 aliphatic rings. The number of amides is 2. The lowest BCUT2D eigenvalue weighted by Crippen LogP contribution is -2.55. The van der Waals surface area contributed by atoms with Crippen LogP contribution in [0.4, 0.5) is 4.79 Å². The predicted molar refractivity (Wildman–Crippen MR) is 81.7 cm³/mol. The van der Waals surface area contributed by atoms with Gasteiger partial charge in [-0.3, -0.25) is 9.69 Å². The van der Waals surface area contributed by atoms with Crippen molar-refractivity contribution in [3.05, 3.63) is 22.4 Å². The number of carbonyl (C=O) groups excluding carboxylic acids is 1. The Kier molecular flexibility index (Phi) is 5.58. The van der Waals surface area contributed by atoms with Crippen LogP contribution in [0.1, 0.15) is 12.5 Å². The number of aliphatic carboxylic acids is 1. The second-order valence-electron chi connectivity index (χ2n) is 5.15. The van der Waals surface area contributed by atoms with Crippen molar-refractivity contribution in [2.75, 3.05) is 32.7 Å². The van der Waals surface area contributed by atoms with E-state index >= 15 is 0 Å². The fourth-order valence-electron chi connectivity index (χ4n) is 2.33. The highest BCUT2D eigenvalue weighted by Crippen LogP contribution is 2.08. The molecule has 0 aromatic carbocycles. The zero-order chi connectivity index (χ0) is 15.2. The van der Waals surface area contributed by atoms with E-state index in [2.05, 4.69) is 16.8 Å². The molecule has 1 saturated heterocycles. The monoisotopic (exact) mass is 311 g/mol. The van der Waals surface area contributed by atoms with Gasteiger partial charge >= 0.3 is 12.0 Å². The lowest BCUT2D eigenvalue weighted by atomic mass is 10.2. The van der Waals surface area contributed by atoms with Crippen molar-refractivity contribution in [1.82, 2.24) is 15.1 Å². The van der Waals surface area contributed by atoms with Crippen molar-refractivity contribution >= 4 is 23.3 Å². The summed E-state index contributed by atoms with van der Waals surface area (Å²) in [6.45, 7) is 4.65. The first-order chi connectivity index (χ1) is 10.1. The topological polar surface area (TPSA) is 72.9 Å². The molecular weight excluding hydrogens is 290 g/mol. The number of carboxylic acids is 1. The summed E-state index contributed by atoms with van der Waals surface area (Å²) in [6, 6.07) is 1.50. The van der Waals surface area contributed by atoms with Crippen molar-refractivity contribution in [3.63, 3.8) is 0 Å². The number of carboxylic acid groups (broad SMARTS) is 1. The Labute approximate surface area is 128 Å². The molecule has 2 rings (SSSR count). The molecule has 0 spiro atoms. The number of thiophene rings is 1. The Bertz CT molecular complexity index is 470. The normalized spacial score (nSPS) is 17.5. The maximum atomic E-state index is 12.0. The molecule has 1 aliphatic heterocycles. The predicted octanol–water partition coefficient (Wildman–Crippen LogP) is 1.09. The van der Waals surface area contributed by atoms with E-state index in [4.69, 9.17) is 5.11 Å². The van der Waals surface area contributed by atoms with Gasteiger partial charge in [-0.15, -0.1) is 0 Å². The van der Waals surface area contributed by atoms with Crippen LogP contribution < -0.4 is 5.32 Å². The number of piperazine rings is 1. The average Bonchev–Trinajstić information content (AvgIpc) is 2.99. The molecule has 2 heterocycles. The van der Waals surface area contributed by atoms with E-state index in [9.17, 15) is 9.59 Å². The minimum atomic E-state index is -0.816. The first-order valence-corrected chi connectivity index (χ1v) is 8.03. The molecular formula is C14H21N3O3S. The summed E-state index contributed by atoms with van der Waals surface area (Å²) in [7, 11) is 0. The van der Waals surface area contributed by atoms with Gasteiger partial charge in [0.2, 0.25) is 0 Å². The number of hydrogen-bond donors (Lipinski definition) is 2. The van der Waals surface area contributed by atoms with Gasteiger partial charge < -0.3 is 15.3 Å². The fourth-order valence-corrected chi connectivity index (χ4v) is 3.03. The SMILES string of the molecule is CC(C(=O)O)N1CCN(C(=O)NCCc2ccsc2)CC1. The van der Waals surface area contributed by atoms with E-state index in [1.807, 2.05) is 10.3 Å². The number of urea groups is 1. The molecule has 0 saturated carbocycles. The lowest BCUT2D eigenvalue weighted by Gasteiger charge is -2.36. The molecule has 21 heavy (non-hydrogen) atoms. The van der Waals surface area contributed by atoms with Gasteiger partial charge in [-0.1, -0.05) is 0 Å². The van der Waals surface area contributed by atoms with Gasteiger partial charge in [0.25, 0.3) is 0 Å². The Morgan fingerprint density at radius 1 is 1.38 bits per heavy atom. The third-order valence-corrected chi connectivity index (χ3v) is 4.51. The van der Waals surface area contributed by atoms with E-state index in [-0.39, 0.29) is 6.03 Å². The zero-order valence-electron chi connectivity index (χ0n) is 12.1. The second-order valence-corrected chi connectivity index (χ2v) is 5.93. The van der Waals surface area contributed by atoms with Gasteiger partial charge in [0.1, 0.15) is 6.04 Å². The summed E-state index contributed by atoms with van der Waals surface area (Å²) in [5.74, 6) is -0.816. The molecule has 1 fully saturated rings. The minimum Gasteiger partial charge on any atom is -0.480 e. The molecule has 0 radical (unpaired) electrons. The van der Waals surface area contributed by atoms with Crippen molar-refractivity contribution in [2.45, 2.75) is 19.4 Å². The molecule has 7 heteroatoms. The maximum Gasteiger partial charge on any atom is 0.320 e. The molecule has 2 amide bonds. The van der Waals surface area contributed by atoms with Crippen LogP contribution in [0, 0.1) is 0 Å². The molecule has 1 aromatic rings. The van der Waals surface area contributed by atoms with Crippen molar-refractivity contribution in [3.8, 4) is 0 Å². The third-order valence-electron chi connectivity index (χ3n) is 3.78. The van der Waals surface area contributed by atoms with Gasteiger partial charge in [-0.25, -0.2) is 4.79 Å². The number of rotatable bonds is 5. The summed E-state index contributed by atoms with van der Waals surface area (Å²) in [5.41, 5.74) is 1.24. The van der Waals surface area contributed by atoms with Gasteiger partial charge in [-0.05, 0) is 35.7 Å². The number of nitrogens with one attached hydrogen (secondary N) is 1. The quantitative estimate of drug-likeness (QED) is 0.854. The number of hydrogen-bond acceptors (Lipinski definition) is 4. The molecule has 2 N–H and O–H groups in total. The highest BCUT2D eigenvalue weighted by molar-refractivity contribution is 7.07. The number of nitrogens with zero attached hydrogens (tertiary/aromatic N) is 2. The summed E-state index contributed by atoms with van der Waals surface area (Å²) >= 11 is 1.66. The number of carbonyl (C=O) groups is 2. The summed E-state index contributed by atoms with van der Waals surface area (Å²) in [5, 5.41) is 16.0. The van der Waals surface area contributed by atoms with Crippen molar-refractivity contribution in [2.24, 2.45) is 0 Å². The minimum absolute atomic E-state index is 0.0622. The largest absolute Gasteiger partial charge is 0.480 e. The van der Waals surface area contributed by atoms with Gasteiger partial charge in [0, 0.05) is 32.7 Å². The van der Waals surface area contributed by atoms with Crippen LogP contribution in [-0.4, -0.2) is 65.7 Å². The van der Waals surface area contributed by atoms with Gasteiger partial charge in [-0.2, -0.15) is 11.3 Å². The molecule has 0 aliphatic carbocycles. The van der Waals surface area contributed by atoms with Crippen LogP contribution in [-0.2, 0) is 11.2 Å². The van der Waals surface area contributed by atoms with Crippen LogP contribution in [0.5, 0.6) is 0 Å². The molecule has 1 atom stereocenters. The smallest absolute Gasteiger partial charge is 0.320 e. The van der Waals surface area contributed by atoms with E-state index < -0.39 is 12.0 Å². The van der Waals surface area contributed by atoms with Crippen molar-refractivity contribution in [1.29, 1.82) is 0 Å². The van der Waals surface area contributed by atoms with E-state index in [1.54, 1.807) is 23.2 Å². The van der Waals surface area contributed by atoms with Gasteiger partial charge in [0.15, 0.2) is 0 Å². The summed E-state index contributed by atoms with van der Waals surface area (Å²) in [4.78, 5) is 26.6. The van der Waals surface area contributed by atoms with E-state index in [0.29, 0.717) is 32.7 Å².